The Bertz CT molecular complexity index is 942. The number of ether oxygens (including phenoxy) is 2. The number of methoxy groups -OCH3 is 2. The van der Waals surface area contributed by atoms with Gasteiger partial charge in [0.05, 0.1) is 29.9 Å². The Kier molecular flexibility index (Phi) is 8.85. The van der Waals surface area contributed by atoms with Crippen LogP contribution in [0.3, 0.4) is 0 Å². The summed E-state index contributed by atoms with van der Waals surface area (Å²) in [6.45, 7) is 3.65. The van der Waals surface area contributed by atoms with Gasteiger partial charge in [-0.1, -0.05) is 0 Å². The molecule has 0 bridgehead atoms. The van der Waals surface area contributed by atoms with Crippen LogP contribution in [0.15, 0.2) is 46.6 Å². The fraction of sp³-hybridized carbons (Fsp3) is 0.350. The molecule has 11 heteroatoms. The van der Waals surface area contributed by atoms with Crippen molar-refractivity contribution in [2.75, 3.05) is 50.7 Å². The maximum atomic E-state index is 11.7. The summed E-state index contributed by atoms with van der Waals surface area (Å²) in [5.74, 6) is -0.659. The second-order valence-corrected chi connectivity index (χ2v) is 6.49. The average molecular weight is 431 g/mol. The first-order valence-corrected chi connectivity index (χ1v) is 9.39. The van der Waals surface area contributed by atoms with Gasteiger partial charge >= 0.3 is 0 Å². The highest BCUT2D eigenvalue weighted by atomic mass is 16.6. The van der Waals surface area contributed by atoms with E-state index in [1.165, 1.54) is 19.1 Å². The first-order valence-electron chi connectivity index (χ1n) is 9.39. The molecular formula is C20H25N5O6. The summed E-state index contributed by atoms with van der Waals surface area (Å²) in [5.41, 5.74) is 1.41. The smallest absolute Gasteiger partial charge is 0.273 e. The molecule has 0 unspecified atom stereocenters. The zero-order valence-electron chi connectivity index (χ0n) is 17.6. The molecule has 2 aromatic carbocycles. The Labute approximate surface area is 179 Å². The molecule has 1 amide bonds. The van der Waals surface area contributed by atoms with Gasteiger partial charge in [-0.15, -0.1) is 10.2 Å². The van der Waals surface area contributed by atoms with E-state index >= 15 is 0 Å². The van der Waals surface area contributed by atoms with Gasteiger partial charge in [-0.3, -0.25) is 14.9 Å². The van der Waals surface area contributed by atoms with Crippen LogP contribution in [0.5, 0.6) is 5.75 Å². The molecular weight excluding hydrogens is 406 g/mol. The fourth-order valence-electron chi connectivity index (χ4n) is 2.69. The number of rotatable bonds is 11. The number of aromatic hydroxyl groups is 1. The minimum atomic E-state index is -0.618. The molecule has 0 saturated carbocycles. The number of non-ortho nitro benzene ring substituents is 1. The number of azo groups is 1. The molecule has 0 aromatic heterocycles. The van der Waals surface area contributed by atoms with E-state index in [2.05, 4.69) is 15.5 Å². The highest BCUT2D eigenvalue weighted by Crippen LogP contribution is 2.35. The average Bonchev–Trinajstić information content (AvgIpc) is 2.73. The predicted molar refractivity (Wildman–Crippen MR) is 116 cm³/mol. The predicted octanol–water partition coefficient (Wildman–Crippen LogP) is 3.77. The molecule has 31 heavy (non-hydrogen) atoms. The van der Waals surface area contributed by atoms with Crippen LogP contribution in [0.25, 0.3) is 0 Å². The van der Waals surface area contributed by atoms with Crippen LogP contribution in [0.2, 0.25) is 0 Å². The Morgan fingerprint density at radius 3 is 2.26 bits per heavy atom. The van der Waals surface area contributed by atoms with E-state index in [9.17, 15) is 20.0 Å². The van der Waals surface area contributed by atoms with Crippen molar-refractivity contribution in [1.82, 2.24) is 0 Å². The molecule has 2 rings (SSSR count). The summed E-state index contributed by atoms with van der Waals surface area (Å²) < 4.78 is 10.3. The highest BCUT2D eigenvalue weighted by Gasteiger charge is 2.13. The van der Waals surface area contributed by atoms with E-state index in [-0.39, 0.29) is 23.0 Å². The van der Waals surface area contributed by atoms with Gasteiger partial charge in [0.15, 0.2) is 0 Å². The number of carbonyl (C=O) groups excluding carboxylic acids is 1. The van der Waals surface area contributed by atoms with Gasteiger partial charge in [-0.25, -0.2) is 0 Å². The maximum Gasteiger partial charge on any atom is 0.273 e. The number of benzene rings is 2. The Morgan fingerprint density at radius 1 is 1.10 bits per heavy atom. The Hall–Kier alpha value is -3.57. The molecule has 166 valence electrons. The van der Waals surface area contributed by atoms with Gasteiger partial charge in [0.25, 0.3) is 5.69 Å². The number of carbonyl (C=O) groups is 1. The lowest BCUT2D eigenvalue weighted by Gasteiger charge is -2.25. The Morgan fingerprint density at radius 2 is 1.71 bits per heavy atom. The summed E-state index contributed by atoms with van der Waals surface area (Å²) in [5, 5.41) is 31.5. The standard InChI is InChI=1S/C20H25N5O6/c1-14(26)21-19-12-15(24(8-10-30-2)9-11-31-3)4-6-17(19)22-23-18-7-5-16(25(28)29)13-20(18)27/h4-7,12-13,27H,8-11H2,1-3H3,(H,21,26). The van der Waals surface area contributed by atoms with E-state index in [1.54, 1.807) is 26.4 Å². The SMILES string of the molecule is COCCN(CCOC)c1ccc(N=Nc2ccc([N+](=O)[O-])cc2O)c(NC(C)=O)c1. The van der Waals surface area contributed by atoms with Crippen molar-refractivity contribution in [2.24, 2.45) is 10.2 Å². The van der Waals surface area contributed by atoms with Crippen molar-refractivity contribution in [3.8, 4) is 5.75 Å². The molecule has 0 aliphatic rings. The van der Waals surface area contributed by atoms with Crippen molar-refractivity contribution in [1.29, 1.82) is 0 Å². The van der Waals surface area contributed by atoms with Crippen molar-refractivity contribution < 1.29 is 24.3 Å². The molecule has 0 fully saturated rings. The molecule has 11 nitrogen and oxygen atoms in total. The highest BCUT2D eigenvalue weighted by molar-refractivity contribution is 5.93. The van der Waals surface area contributed by atoms with Gasteiger partial charge in [0, 0.05) is 46.0 Å². The number of phenols is 1. The number of hydrogen-bond acceptors (Lipinski definition) is 9. The van der Waals surface area contributed by atoms with Crippen LogP contribution in [0, 0.1) is 10.1 Å². The number of hydrogen-bond donors (Lipinski definition) is 2. The van der Waals surface area contributed by atoms with Crippen LogP contribution >= 0.6 is 0 Å². The second kappa shape index (κ2) is 11.6. The quantitative estimate of drug-likeness (QED) is 0.313. The minimum absolute atomic E-state index is 0.0604. The number of amides is 1. The van der Waals surface area contributed by atoms with Crippen LogP contribution in [-0.2, 0) is 14.3 Å². The lowest BCUT2D eigenvalue weighted by Crippen LogP contribution is -2.30. The summed E-state index contributed by atoms with van der Waals surface area (Å²) >= 11 is 0. The first kappa shape index (κ1) is 23.7. The van der Waals surface area contributed by atoms with Crippen molar-refractivity contribution >= 4 is 34.3 Å². The number of nitro groups is 1. The van der Waals surface area contributed by atoms with E-state index in [0.29, 0.717) is 37.7 Å². The van der Waals surface area contributed by atoms with Crippen molar-refractivity contribution in [3.63, 3.8) is 0 Å². The van der Waals surface area contributed by atoms with Gasteiger partial charge < -0.3 is 24.8 Å². The molecule has 0 aliphatic heterocycles. The van der Waals surface area contributed by atoms with Crippen molar-refractivity contribution in [2.45, 2.75) is 6.92 Å². The molecule has 0 atom stereocenters. The van der Waals surface area contributed by atoms with E-state index < -0.39 is 4.92 Å². The minimum Gasteiger partial charge on any atom is -0.505 e. The topological polar surface area (TPSA) is 139 Å². The summed E-state index contributed by atoms with van der Waals surface area (Å²) in [6.07, 6.45) is 0. The maximum absolute atomic E-state index is 11.7. The summed E-state index contributed by atoms with van der Waals surface area (Å²) in [4.78, 5) is 23.9. The largest absolute Gasteiger partial charge is 0.505 e. The van der Waals surface area contributed by atoms with E-state index in [0.717, 1.165) is 11.8 Å². The van der Waals surface area contributed by atoms with Crippen LogP contribution in [0.1, 0.15) is 6.92 Å². The molecule has 2 N–H and O–H groups in total. The summed E-state index contributed by atoms with van der Waals surface area (Å²) in [6, 6.07) is 8.77. The Balaban J connectivity index is 2.35. The van der Waals surface area contributed by atoms with Gasteiger partial charge in [0.2, 0.25) is 5.91 Å². The van der Waals surface area contributed by atoms with Gasteiger partial charge in [-0.2, -0.15) is 0 Å². The van der Waals surface area contributed by atoms with Crippen LogP contribution in [0.4, 0.5) is 28.4 Å². The monoisotopic (exact) mass is 431 g/mol. The van der Waals surface area contributed by atoms with Gasteiger partial charge in [0.1, 0.15) is 17.1 Å². The van der Waals surface area contributed by atoms with Gasteiger partial charge in [-0.05, 0) is 24.3 Å². The fourth-order valence-corrected chi connectivity index (χ4v) is 2.69. The number of phenolic OH excluding ortho intramolecular Hbond substituents is 1. The van der Waals surface area contributed by atoms with E-state index in [1.807, 2.05) is 11.0 Å². The molecule has 0 heterocycles. The number of nitrogens with one attached hydrogen (secondary N) is 1. The van der Waals surface area contributed by atoms with Crippen LogP contribution < -0.4 is 10.2 Å². The zero-order valence-corrected chi connectivity index (χ0v) is 17.6. The number of nitro benzene ring substituents is 1. The normalized spacial score (nSPS) is 10.9. The van der Waals surface area contributed by atoms with E-state index in [4.69, 9.17) is 9.47 Å². The molecule has 2 aromatic rings. The first-order chi connectivity index (χ1) is 14.8. The third kappa shape index (κ3) is 7.01. The number of nitrogens with zero attached hydrogens (tertiary/aromatic N) is 4. The third-order valence-corrected chi connectivity index (χ3v) is 4.22. The second-order valence-electron chi connectivity index (χ2n) is 6.49. The lowest BCUT2D eigenvalue weighted by atomic mass is 10.2. The third-order valence-electron chi connectivity index (χ3n) is 4.22. The zero-order chi connectivity index (χ0) is 22.8. The lowest BCUT2D eigenvalue weighted by molar-refractivity contribution is -0.384. The molecule has 0 radical (unpaired) electrons. The molecule has 0 aliphatic carbocycles. The van der Waals surface area contributed by atoms with Crippen LogP contribution in [-0.4, -0.2) is 56.5 Å². The van der Waals surface area contributed by atoms with Crippen molar-refractivity contribution in [3.05, 3.63) is 46.5 Å². The summed E-state index contributed by atoms with van der Waals surface area (Å²) in [7, 11) is 3.24. The number of anilines is 2. The molecule has 0 saturated heterocycles. The molecule has 0 spiro atoms.